The maximum Gasteiger partial charge on any atom is 0.341 e. The summed E-state index contributed by atoms with van der Waals surface area (Å²) in [6, 6.07) is 2.07. The van der Waals surface area contributed by atoms with Gasteiger partial charge in [-0.05, 0) is 23.0 Å². The van der Waals surface area contributed by atoms with Gasteiger partial charge in [0.1, 0.15) is 4.21 Å². The largest absolute Gasteiger partial charge is 0.341 e. The van der Waals surface area contributed by atoms with Gasteiger partial charge in [0, 0.05) is 0 Å². The Bertz CT molecular complexity index is 554. The highest BCUT2D eigenvalue weighted by Crippen LogP contribution is 2.24. The standard InChI is InChI=1S/C8H7ClN2O4S2/c9-7(12)10-3-4-11(8(10)13)17(14,15)6-2-1-5-16-6/h1-2,5H,3-4H2. The molecule has 6 nitrogen and oxygen atoms in total. The Labute approximate surface area is 106 Å². The fraction of sp³-hybridized carbons (Fsp3) is 0.250. The molecule has 0 aromatic carbocycles. The molecular weight excluding hydrogens is 288 g/mol. The Kier molecular flexibility index (Phi) is 3.11. The van der Waals surface area contributed by atoms with Gasteiger partial charge in [-0.25, -0.2) is 22.4 Å². The Morgan fingerprint density at radius 3 is 2.59 bits per heavy atom. The highest BCUT2D eigenvalue weighted by molar-refractivity contribution is 7.91. The molecule has 1 aliphatic rings. The quantitative estimate of drug-likeness (QED) is 0.612. The van der Waals surface area contributed by atoms with Crippen LogP contribution in [-0.4, -0.2) is 42.1 Å². The number of amides is 3. The van der Waals surface area contributed by atoms with Crippen molar-refractivity contribution in [3.8, 4) is 0 Å². The molecule has 2 rings (SSSR count). The predicted octanol–water partition coefficient (Wildman–Crippen LogP) is 1.53. The zero-order chi connectivity index (χ0) is 12.6. The minimum Gasteiger partial charge on any atom is -0.255 e. The second-order valence-electron chi connectivity index (χ2n) is 3.20. The van der Waals surface area contributed by atoms with Crippen molar-refractivity contribution < 1.29 is 18.0 Å². The highest BCUT2D eigenvalue weighted by Gasteiger charge is 2.40. The number of urea groups is 1. The molecule has 0 N–H and O–H groups in total. The monoisotopic (exact) mass is 294 g/mol. The summed E-state index contributed by atoms with van der Waals surface area (Å²) >= 11 is 6.18. The second-order valence-corrected chi connectivity index (χ2v) is 6.56. The van der Waals surface area contributed by atoms with E-state index in [4.69, 9.17) is 11.6 Å². The van der Waals surface area contributed by atoms with E-state index in [0.717, 1.165) is 11.3 Å². The van der Waals surface area contributed by atoms with Gasteiger partial charge in [-0.1, -0.05) is 6.07 Å². The molecule has 1 aromatic rings. The highest BCUT2D eigenvalue weighted by atomic mass is 35.5. The van der Waals surface area contributed by atoms with Crippen LogP contribution < -0.4 is 0 Å². The number of sulfonamides is 1. The first-order valence-corrected chi connectivity index (χ1v) is 7.21. The molecule has 2 heterocycles. The van der Waals surface area contributed by atoms with Crippen molar-refractivity contribution in [2.24, 2.45) is 0 Å². The lowest BCUT2D eigenvalue weighted by Gasteiger charge is -2.14. The van der Waals surface area contributed by atoms with Crippen molar-refractivity contribution >= 4 is 44.4 Å². The smallest absolute Gasteiger partial charge is 0.255 e. The molecular formula is C8H7ClN2O4S2. The summed E-state index contributed by atoms with van der Waals surface area (Å²) in [5.41, 5.74) is 0. The topological polar surface area (TPSA) is 74.8 Å². The van der Waals surface area contributed by atoms with Gasteiger partial charge in [0.25, 0.3) is 10.0 Å². The number of nitrogens with zero attached hydrogens (tertiary/aromatic N) is 2. The molecule has 0 atom stereocenters. The molecule has 0 spiro atoms. The molecule has 17 heavy (non-hydrogen) atoms. The van der Waals surface area contributed by atoms with Crippen LogP contribution in [0.4, 0.5) is 9.59 Å². The number of carbonyl (C=O) groups excluding carboxylic acids is 2. The summed E-state index contributed by atoms with van der Waals surface area (Å²) in [4.78, 5) is 23.2. The van der Waals surface area contributed by atoms with Crippen molar-refractivity contribution in [1.82, 2.24) is 9.21 Å². The van der Waals surface area contributed by atoms with Crippen LogP contribution in [0, 0.1) is 0 Å². The Morgan fingerprint density at radius 1 is 1.41 bits per heavy atom. The molecule has 9 heteroatoms. The summed E-state index contributed by atoms with van der Waals surface area (Å²) in [5, 5.41) is 0.622. The molecule has 0 bridgehead atoms. The second kappa shape index (κ2) is 4.28. The fourth-order valence-electron chi connectivity index (χ4n) is 1.42. The first-order chi connectivity index (χ1) is 7.94. The van der Waals surface area contributed by atoms with Gasteiger partial charge >= 0.3 is 11.4 Å². The van der Waals surface area contributed by atoms with Gasteiger partial charge in [0.05, 0.1) is 13.1 Å². The van der Waals surface area contributed by atoms with E-state index >= 15 is 0 Å². The molecule has 0 aliphatic carbocycles. The van der Waals surface area contributed by atoms with Crippen LogP contribution in [0.25, 0.3) is 0 Å². The van der Waals surface area contributed by atoms with Gasteiger partial charge in [0.2, 0.25) is 0 Å². The summed E-state index contributed by atoms with van der Waals surface area (Å²) < 4.78 is 24.7. The Morgan fingerprint density at radius 2 is 2.12 bits per heavy atom. The summed E-state index contributed by atoms with van der Waals surface area (Å²) in [6.07, 6.45) is 0. The molecule has 3 amide bonds. The van der Waals surface area contributed by atoms with Crippen molar-refractivity contribution in [3.05, 3.63) is 17.5 Å². The molecule has 1 saturated heterocycles. The van der Waals surface area contributed by atoms with Crippen LogP contribution in [0.2, 0.25) is 0 Å². The van der Waals surface area contributed by atoms with Gasteiger partial charge in [-0.3, -0.25) is 4.79 Å². The summed E-state index contributed by atoms with van der Waals surface area (Å²) in [6.45, 7) is -0.0939. The Balaban J connectivity index is 2.32. The third-order valence-corrected chi connectivity index (χ3v) is 5.57. The SMILES string of the molecule is O=C(Cl)N1CCN(S(=O)(=O)c2cccs2)C1=O. The van der Waals surface area contributed by atoms with Crippen LogP contribution in [0.3, 0.4) is 0 Å². The van der Waals surface area contributed by atoms with Crippen LogP contribution in [0.15, 0.2) is 21.7 Å². The number of thiophene rings is 1. The van der Waals surface area contributed by atoms with Gasteiger partial charge in [0.15, 0.2) is 0 Å². The van der Waals surface area contributed by atoms with E-state index in [9.17, 15) is 18.0 Å². The maximum absolute atomic E-state index is 12.0. The lowest BCUT2D eigenvalue weighted by atomic mass is 10.7. The predicted molar refractivity (Wildman–Crippen MR) is 61.6 cm³/mol. The van der Waals surface area contributed by atoms with Crippen LogP contribution in [0.5, 0.6) is 0 Å². The van der Waals surface area contributed by atoms with Gasteiger partial charge in [-0.2, -0.15) is 0 Å². The van der Waals surface area contributed by atoms with E-state index in [1.807, 2.05) is 0 Å². The number of carbonyl (C=O) groups is 2. The summed E-state index contributed by atoms with van der Waals surface area (Å²) in [7, 11) is -3.86. The summed E-state index contributed by atoms with van der Waals surface area (Å²) in [5.74, 6) is 0. The molecule has 1 aromatic heterocycles. The number of halogens is 1. The lowest BCUT2D eigenvalue weighted by molar-refractivity contribution is 0.205. The maximum atomic E-state index is 12.0. The normalized spacial score (nSPS) is 16.6. The van der Waals surface area contributed by atoms with Crippen molar-refractivity contribution in [2.45, 2.75) is 4.21 Å². The van der Waals surface area contributed by atoms with Crippen molar-refractivity contribution in [1.29, 1.82) is 0 Å². The van der Waals surface area contributed by atoms with Crippen LogP contribution >= 0.6 is 22.9 Å². The van der Waals surface area contributed by atoms with Crippen LogP contribution in [0.1, 0.15) is 0 Å². The molecule has 0 saturated carbocycles. The average molecular weight is 295 g/mol. The zero-order valence-corrected chi connectivity index (χ0v) is 10.8. The first-order valence-electron chi connectivity index (χ1n) is 4.52. The minimum atomic E-state index is -3.86. The number of hydrogen-bond acceptors (Lipinski definition) is 5. The third kappa shape index (κ3) is 2.03. The van der Waals surface area contributed by atoms with Gasteiger partial charge in [-0.15, -0.1) is 11.3 Å². The minimum absolute atomic E-state index is 0.0221. The molecule has 1 fully saturated rings. The van der Waals surface area contributed by atoms with Crippen molar-refractivity contribution in [3.63, 3.8) is 0 Å². The molecule has 0 radical (unpaired) electrons. The number of imide groups is 1. The van der Waals surface area contributed by atoms with Gasteiger partial charge < -0.3 is 0 Å². The van der Waals surface area contributed by atoms with E-state index in [0.29, 0.717) is 9.21 Å². The van der Waals surface area contributed by atoms with Crippen molar-refractivity contribution in [2.75, 3.05) is 13.1 Å². The van der Waals surface area contributed by atoms with E-state index in [-0.39, 0.29) is 17.3 Å². The van der Waals surface area contributed by atoms with Crippen LogP contribution in [-0.2, 0) is 10.0 Å². The molecule has 1 aliphatic heterocycles. The lowest BCUT2D eigenvalue weighted by Crippen LogP contribution is -2.36. The molecule has 0 unspecified atom stereocenters. The zero-order valence-electron chi connectivity index (χ0n) is 8.37. The Hall–Kier alpha value is -1.12. The van der Waals surface area contributed by atoms with E-state index in [1.165, 1.54) is 6.07 Å². The van der Waals surface area contributed by atoms with E-state index < -0.39 is 21.4 Å². The number of rotatable bonds is 2. The van der Waals surface area contributed by atoms with E-state index in [1.54, 1.807) is 11.4 Å². The third-order valence-electron chi connectivity index (χ3n) is 2.22. The fourth-order valence-corrected chi connectivity index (χ4v) is 4.04. The average Bonchev–Trinajstić information content (AvgIpc) is 2.84. The van der Waals surface area contributed by atoms with E-state index in [2.05, 4.69) is 0 Å². The molecule has 92 valence electrons. The number of hydrogen-bond donors (Lipinski definition) is 0. The first kappa shape index (κ1) is 12.3.